The molecule has 1 heterocycles. The molecule has 2 fully saturated rings. The third kappa shape index (κ3) is 6.59. The van der Waals surface area contributed by atoms with Crippen LogP contribution in [-0.2, 0) is 4.74 Å². The Morgan fingerprint density at radius 2 is 1.81 bits per heavy atom. The van der Waals surface area contributed by atoms with E-state index in [4.69, 9.17) is 17.0 Å². The van der Waals surface area contributed by atoms with E-state index in [-0.39, 0.29) is 42.0 Å². The average molecular weight is 531 g/mol. The number of thiocarbonyl (C=S) groups is 1. The maximum Gasteiger partial charge on any atom is 0.414 e. The monoisotopic (exact) mass is 530 g/mol. The van der Waals surface area contributed by atoms with E-state index in [0.29, 0.717) is 4.99 Å². The molecule has 2 aromatic carbocycles. The lowest BCUT2D eigenvalue weighted by Gasteiger charge is -2.22. The molecule has 2 aliphatic rings. The number of nitrogens with one attached hydrogen (secondary N) is 3. The molecule has 1 aliphatic carbocycles. The van der Waals surface area contributed by atoms with Crippen molar-refractivity contribution in [2.24, 2.45) is 0 Å². The first kappa shape index (κ1) is 26.5. The van der Waals surface area contributed by atoms with Crippen molar-refractivity contribution in [1.82, 2.24) is 10.6 Å². The number of carbonyl (C=O) groups is 2. The van der Waals surface area contributed by atoms with E-state index < -0.39 is 34.9 Å². The van der Waals surface area contributed by atoms with Gasteiger partial charge < -0.3 is 20.7 Å². The molecular weight excluding hydrogens is 502 g/mol. The number of amides is 2. The predicted molar refractivity (Wildman–Crippen MR) is 141 cm³/mol. The van der Waals surface area contributed by atoms with Crippen LogP contribution in [-0.4, -0.2) is 42.2 Å². The minimum atomic E-state index is -1.02. The van der Waals surface area contributed by atoms with Crippen molar-refractivity contribution in [2.75, 3.05) is 23.3 Å². The number of benzene rings is 1. The standard InChI is InChI=1S/C26H28F2N4O4S/c1-15(37)29-13-19-14-32(26(35)36-19)18-11-20(27)24(21(28)12-18)31-22-10-16(6-5-9-23(22)33)25(34)30-17-7-3-2-4-8-17/h5-6,9-12,17,19H,2-4,7-8,13-14H2,1H3,(H,29,37)(H,30,34)(H,31,33)/t19-/m0/s1. The number of carbonyl (C=O) groups excluding carboxylic acids is 2. The van der Waals surface area contributed by atoms with Gasteiger partial charge in [0.15, 0.2) is 11.6 Å². The molecule has 3 N–H and O–H groups in total. The number of halogens is 2. The highest BCUT2D eigenvalue weighted by atomic mass is 32.1. The number of rotatable bonds is 7. The van der Waals surface area contributed by atoms with Crippen LogP contribution in [0.3, 0.4) is 0 Å². The van der Waals surface area contributed by atoms with Gasteiger partial charge in [-0.2, -0.15) is 0 Å². The van der Waals surface area contributed by atoms with Crippen LogP contribution in [0.5, 0.6) is 0 Å². The molecule has 0 unspecified atom stereocenters. The minimum Gasteiger partial charge on any atom is -0.442 e. The van der Waals surface area contributed by atoms with Crippen LogP contribution in [0.2, 0.25) is 0 Å². The molecule has 37 heavy (non-hydrogen) atoms. The van der Waals surface area contributed by atoms with Crippen molar-refractivity contribution < 1.29 is 23.1 Å². The van der Waals surface area contributed by atoms with E-state index in [1.165, 1.54) is 24.3 Å². The van der Waals surface area contributed by atoms with E-state index in [1.54, 1.807) is 6.92 Å². The number of ether oxygens (including phenoxy) is 1. The molecule has 0 spiro atoms. The molecule has 196 valence electrons. The second-order valence-corrected chi connectivity index (χ2v) is 9.79. The second-order valence-electron chi connectivity index (χ2n) is 9.17. The van der Waals surface area contributed by atoms with Gasteiger partial charge in [-0.05, 0) is 38.0 Å². The molecule has 0 bridgehead atoms. The molecule has 0 radical (unpaired) electrons. The number of cyclic esters (lactones) is 1. The lowest BCUT2D eigenvalue weighted by molar-refractivity contribution is 0.0927. The summed E-state index contributed by atoms with van der Waals surface area (Å²) in [6.45, 7) is 2.04. The molecule has 1 saturated heterocycles. The van der Waals surface area contributed by atoms with Crippen LogP contribution in [0.25, 0.3) is 0 Å². The Labute approximate surface area is 218 Å². The molecule has 2 aromatic rings. The molecule has 0 aromatic heterocycles. The Balaban J connectivity index is 1.53. The molecule has 1 atom stereocenters. The van der Waals surface area contributed by atoms with Gasteiger partial charge in [-0.3, -0.25) is 14.5 Å². The molecule has 11 heteroatoms. The summed E-state index contributed by atoms with van der Waals surface area (Å²) in [5.41, 5.74) is -1.12. The first-order valence-electron chi connectivity index (χ1n) is 12.1. The summed E-state index contributed by atoms with van der Waals surface area (Å²) < 4.78 is 35.3. The summed E-state index contributed by atoms with van der Waals surface area (Å²) in [7, 11) is 0. The summed E-state index contributed by atoms with van der Waals surface area (Å²) >= 11 is 4.94. The van der Waals surface area contributed by atoms with Crippen LogP contribution >= 0.6 is 12.2 Å². The predicted octanol–water partition coefficient (Wildman–Crippen LogP) is 4.39. The fourth-order valence-electron chi connectivity index (χ4n) is 4.42. The number of anilines is 3. The minimum absolute atomic E-state index is 0.0272. The number of hydrogen-bond acceptors (Lipinski definition) is 6. The van der Waals surface area contributed by atoms with Crippen LogP contribution in [0.1, 0.15) is 49.4 Å². The van der Waals surface area contributed by atoms with Gasteiger partial charge in [-0.25, -0.2) is 13.6 Å². The van der Waals surface area contributed by atoms with E-state index in [0.717, 1.165) is 49.1 Å². The first-order chi connectivity index (χ1) is 17.7. The smallest absolute Gasteiger partial charge is 0.414 e. The average Bonchev–Trinajstić information content (AvgIpc) is 3.13. The Kier molecular flexibility index (Phi) is 8.32. The summed E-state index contributed by atoms with van der Waals surface area (Å²) in [5, 5.41) is 8.36. The zero-order valence-corrected chi connectivity index (χ0v) is 21.1. The zero-order valence-electron chi connectivity index (χ0n) is 20.3. The van der Waals surface area contributed by atoms with Gasteiger partial charge in [0.05, 0.1) is 29.5 Å². The highest BCUT2D eigenvalue weighted by molar-refractivity contribution is 7.80. The Bertz CT molecular complexity index is 1250. The SMILES string of the molecule is CC(=S)NC[C@H]1CN(c2cc(F)c(Nc3cc(C(=O)NC4CCCCC4)cccc3=O)c(F)c2)C(=O)O1. The molecule has 4 rings (SSSR count). The van der Waals surface area contributed by atoms with Gasteiger partial charge in [0.1, 0.15) is 11.8 Å². The van der Waals surface area contributed by atoms with Crippen LogP contribution in [0.4, 0.5) is 30.6 Å². The van der Waals surface area contributed by atoms with Crippen LogP contribution in [0.15, 0.2) is 41.2 Å². The largest absolute Gasteiger partial charge is 0.442 e. The van der Waals surface area contributed by atoms with Crippen molar-refractivity contribution in [2.45, 2.75) is 51.2 Å². The third-order valence-electron chi connectivity index (χ3n) is 6.34. The van der Waals surface area contributed by atoms with Crippen molar-refractivity contribution >= 4 is 46.3 Å². The summed E-state index contributed by atoms with van der Waals surface area (Å²) in [4.78, 5) is 39.2. The summed E-state index contributed by atoms with van der Waals surface area (Å²) in [5.74, 6) is -2.39. The topological polar surface area (TPSA) is 99.8 Å². The van der Waals surface area contributed by atoms with Crippen molar-refractivity contribution in [3.05, 3.63) is 63.8 Å². The van der Waals surface area contributed by atoms with Gasteiger partial charge in [0, 0.05) is 23.7 Å². The van der Waals surface area contributed by atoms with Gasteiger partial charge in [0.2, 0.25) is 5.43 Å². The van der Waals surface area contributed by atoms with Crippen molar-refractivity contribution in [3.63, 3.8) is 0 Å². The molecule has 1 saturated carbocycles. The fraction of sp³-hybridized carbons (Fsp3) is 0.385. The molecule has 1 aliphatic heterocycles. The van der Waals surface area contributed by atoms with Crippen molar-refractivity contribution in [1.29, 1.82) is 0 Å². The molecule has 2 amide bonds. The fourth-order valence-corrected chi connectivity index (χ4v) is 4.51. The maximum atomic E-state index is 15.0. The number of nitrogens with zero attached hydrogens (tertiary/aromatic N) is 1. The second kappa shape index (κ2) is 11.6. The van der Waals surface area contributed by atoms with Gasteiger partial charge >= 0.3 is 6.09 Å². The van der Waals surface area contributed by atoms with E-state index in [9.17, 15) is 14.4 Å². The zero-order chi connectivity index (χ0) is 26.5. The van der Waals surface area contributed by atoms with Gasteiger partial charge in [0.25, 0.3) is 5.91 Å². The maximum absolute atomic E-state index is 15.0. The van der Waals surface area contributed by atoms with Crippen LogP contribution < -0.4 is 26.3 Å². The normalized spacial score (nSPS) is 17.8. The quantitative estimate of drug-likeness (QED) is 0.457. The lowest BCUT2D eigenvalue weighted by atomic mass is 9.95. The highest BCUT2D eigenvalue weighted by Crippen LogP contribution is 2.30. The lowest BCUT2D eigenvalue weighted by Crippen LogP contribution is -2.36. The molecule has 8 nitrogen and oxygen atoms in total. The van der Waals surface area contributed by atoms with Crippen LogP contribution in [0, 0.1) is 11.6 Å². The first-order valence-corrected chi connectivity index (χ1v) is 12.6. The highest BCUT2D eigenvalue weighted by Gasteiger charge is 2.33. The van der Waals surface area contributed by atoms with Gasteiger partial charge in [-0.15, -0.1) is 0 Å². The van der Waals surface area contributed by atoms with E-state index in [1.807, 2.05) is 0 Å². The Hall–Kier alpha value is -3.60. The third-order valence-corrected chi connectivity index (χ3v) is 6.49. The number of hydrogen-bond donors (Lipinski definition) is 3. The van der Waals surface area contributed by atoms with E-state index in [2.05, 4.69) is 16.0 Å². The summed E-state index contributed by atoms with van der Waals surface area (Å²) in [6.07, 6.45) is 3.72. The van der Waals surface area contributed by atoms with Gasteiger partial charge in [-0.1, -0.05) is 37.5 Å². The molecular formula is C26H28F2N4O4S. The summed E-state index contributed by atoms with van der Waals surface area (Å²) in [6, 6.07) is 7.42. The van der Waals surface area contributed by atoms with Crippen molar-refractivity contribution in [3.8, 4) is 0 Å². The van der Waals surface area contributed by atoms with E-state index >= 15 is 8.78 Å². The Morgan fingerprint density at radius 1 is 1.11 bits per heavy atom. The Morgan fingerprint density at radius 3 is 2.49 bits per heavy atom.